The molecule has 2 heterocycles. The monoisotopic (exact) mass is 294 g/mol. The zero-order valence-corrected chi connectivity index (χ0v) is 11.9. The summed E-state index contributed by atoms with van der Waals surface area (Å²) in [7, 11) is 1.69. The number of hydrogen-bond donors (Lipinski definition) is 0. The van der Waals surface area contributed by atoms with Crippen molar-refractivity contribution in [3.8, 4) is 0 Å². The molecule has 2 aliphatic heterocycles. The average Bonchev–Trinajstić information content (AvgIpc) is 2.69. The Kier molecular flexibility index (Phi) is 4.50. The highest BCUT2D eigenvalue weighted by Crippen LogP contribution is 2.21. The summed E-state index contributed by atoms with van der Waals surface area (Å²) in [5.41, 5.74) is 0. The fourth-order valence-electron chi connectivity index (χ4n) is 2.59. The number of nitrogens with zero attached hydrogens (tertiary/aromatic N) is 2. The quantitative estimate of drug-likeness (QED) is 0.714. The molecule has 0 aliphatic carbocycles. The molecule has 2 rings (SSSR count). The molecule has 0 aromatic heterocycles. The van der Waals surface area contributed by atoms with E-state index >= 15 is 0 Å². The molecule has 1 atom stereocenters. The minimum absolute atomic E-state index is 0.0336. The van der Waals surface area contributed by atoms with Gasteiger partial charge >= 0.3 is 0 Å². The molecule has 18 heavy (non-hydrogen) atoms. The van der Waals surface area contributed by atoms with Crippen LogP contribution in [0.3, 0.4) is 0 Å². The fraction of sp³-hybridized carbons (Fsp3) is 0.909. The lowest BCUT2D eigenvalue weighted by Crippen LogP contribution is -2.38. The maximum Gasteiger partial charge on any atom is 0.237 e. The molecule has 5 nitrogen and oxygen atoms in total. The van der Waals surface area contributed by atoms with Crippen LogP contribution in [-0.2, 0) is 13.8 Å². The van der Waals surface area contributed by atoms with Crippen molar-refractivity contribution < 1.29 is 13.2 Å². The standard InChI is InChI=1S/C11H19ClN2O3S/c12-18(16,17)10-8-11(15)14(9-10)7-6-13-4-2-1-3-5-13/h10H,1-9H2. The van der Waals surface area contributed by atoms with Gasteiger partial charge in [0.05, 0.1) is 0 Å². The Morgan fingerprint density at radius 2 is 1.83 bits per heavy atom. The lowest BCUT2D eigenvalue weighted by molar-refractivity contribution is -0.127. The number of amides is 1. The molecule has 0 spiro atoms. The van der Waals surface area contributed by atoms with Gasteiger partial charge < -0.3 is 9.80 Å². The number of hydrogen-bond acceptors (Lipinski definition) is 4. The van der Waals surface area contributed by atoms with E-state index in [4.69, 9.17) is 10.7 Å². The zero-order valence-electron chi connectivity index (χ0n) is 10.3. The van der Waals surface area contributed by atoms with Crippen LogP contribution in [0.15, 0.2) is 0 Å². The van der Waals surface area contributed by atoms with E-state index in [0.717, 1.165) is 19.6 Å². The van der Waals surface area contributed by atoms with E-state index in [2.05, 4.69) is 4.90 Å². The van der Waals surface area contributed by atoms with Crippen LogP contribution in [0.5, 0.6) is 0 Å². The van der Waals surface area contributed by atoms with Crippen molar-refractivity contribution in [1.29, 1.82) is 0 Å². The molecule has 2 aliphatic rings. The lowest BCUT2D eigenvalue weighted by atomic mass is 10.1. The van der Waals surface area contributed by atoms with Crippen molar-refractivity contribution in [2.24, 2.45) is 0 Å². The van der Waals surface area contributed by atoms with Gasteiger partial charge in [-0.3, -0.25) is 4.79 Å². The molecule has 2 saturated heterocycles. The smallest absolute Gasteiger partial charge is 0.237 e. The van der Waals surface area contributed by atoms with Gasteiger partial charge in [-0.1, -0.05) is 6.42 Å². The van der Waals surface area contributed by atoms with Gasteiger partial charge in [0.1, 0.15) is 5.25 Å². The number of piperidine rings is 1. The first-order valence-electron chi connectivity index (χ1n) is 6.40. The summed E-state index contributed by atoms with van der Waals surface area (Å²) in [6.07, 6.45) is 3.75. The van der Waals surface area contributed by atoms with Crippen molar-refractivity contribution in [1.82, 2.24) is 9.80 Å². The number of halogens is 1. The zero-order chi connectivity index (χ0) is 13.2. The van der Waals surface area contributed by atoms with E-state index in [9.17, 15) is 13.2 Å². The van der Waals surface area contributed by atoms with Crippen LogP contribution in [0.25, 0.3) is 0 Å². The minimum Gasteiger partial charge on any atom is -0.340 e. The van der Waals surface area contributed by atoms with Gasteiger partial charge in [0.2, 0.25) is 15.0 Å². The fourth-order valence-corrected chi connectivity index (χ4v) is 3.64. The summed E-state index contributed by atoms with van der Waals surface area (Å²) in [6, 6.07) is 0. The van der Waals surface area contributed by atoms with E-state index in [1.54, 1.807) is 4.90 Å². The third-order valence-corrected chi connectivity index (χ3v) is 5.58. The summed E-state index contributed by atoms with van der Waals surface area (Å²) in [4.78, 5) is 15.6. The highest BCUT2D eigenvalue weighted by molar-refractivity contribution is 8.14. The molecular weight excluding hydrogens is 276 g/mol. The van der Waals surface area contributed by atoms with Gasteiger partial charge in [-0.05, 0) is 25.9 Å². The summed E-state index contributed by atoms with van der Waals surface area (Å²) in [5.74, 6) is -0.0961. The Morgan fingerprint density at radius 1 is 1.17 bits per heavy atom. The van der Waals surface area contributed by atoms with Crippen LogP contribution < -0.4 is 0 Å². The van der Waals surface area contributed by atoms with E-state index in [-0.39, 0.29) is 18.9 Å². The van der Waals surface area contributed by atoms with Gasteiger partial charge in [-0.2, -0.15) is 0 Å². The Balaban J connectivity index is 1.81. The first kappa shape index (κ1) is 14.1. The largest absolute Gasteiger partial charge is 0.340 e. The van der Waals surface area contributed by atoms with E-state index in [1.165, 1.54) is 19.3 Å². The van der Waals surface area contributed by atoms with Crippen molar-refractivity contribution in [2.75, 3.05) is 32.7 Å². The highest BCUT2D eigenvalue weighted by atomic mass is 35.7. The Bertz CT molecular complexity index is 407. The van der Waals surface area contributed by atoms with Crippen LogP contribution >= 0.6 is 10.7 Å². The van der Waals surface area contributed by atoms with E-state index < -0.39 is 14.3 Å². The minimum atomic E-state index is -3.62. The second-order valence-corrected chi connectivity index (χ2v) is 7.95. The Labute approximate surface area is 112 Å². The molecule has 0 aromatic carbocycles. The predicted octanol–water partition coefficient (Wildman–Crippen LogP) is 0.642. The molecule has 0 bridgehead atoms. The molecule has 7 heteroatoms. The van der Waals surface area contributed by atoms with Gasteiger partial charge in [-0.15, -0.1) is 0 Å². The SMILES string of the molecule is O=C1CC(S(=O)(=O)Cl)CN1CCN1CCCCC1. The number of likely N-dealkylation sites (tertiary alicyclic amines) is 2. The Hall–Kier alpha value is -0.330. The number of rotatable bonds is 4. The topological polar surface area (TPSA) is 57.7 Å². The molecule has 104 valence electrons. The van der Waals surface area contributed by atoms with Crippen molar-refractivity contribution >= 4 is 25.6 Å². The van der Waals surface area contributed by atoms with Crippen LogP contribution in [0, 0.1) is 0 Å². The molecule has 2 fully saturated rings. The summed E-state index contributed by atoms with van der Waals surface area (Å²) in [5, 5.41) is -0.729. The molecule has 0 saturated carbocycles. The van der Waals surface area contributed by atoms with Crippen LogP contribution in [-0.4, -0.2) is 62.1 Å². The molecule has 0 radical (unpaired) electrons. The number of carbonyl (C=O) groups excluding carboxylic acids is 1. The molecule has 1 unspecified atom stereocenters. The third kappa shape index (κ3) is 3.59. The van der Waals surface area contributed by atoms with Crippen LogP contribution in [0.2, 0.25) is 0 Å². The van der Waals surface area contributed by atoms with Crippen molar-refractivity contribution in [3.05, 3.63) is 0 Å². The summed E-state index contributed by atoms with van der Waals surface area (Å²) < 4.78 is 22.4. The van der Waals surface area contributed by atoms with E-state index in [0.29, 0.717) is 6.54 Å². The first-order valence-corrected chi connectivity index (χ1v) is 8.77. The van der Waals surface area contributed by atoms with Gasteiger partial charge in [0.15, 0.2) is 0 Å². The Morgan fingerprint density at radius 3 is 2.39 bits per heavy atom. The molecular formula is C11H19ClN2O3S. The van der Waals surface area contributed by atoms with Crippen LogP contribution in [0.1, 0.15) is 25.7 Å². The van der Waals surface area contributed by atoms with Gasteiger partial charge in [0.25, 0.3) is 0 Å². The lowest BCUT2D eigenvalue weighted by Gasteiger charge is -2.28. The summed E-state index contributed by atoms with van der Waals surface area (Å²) in [6.45, 7) is 3.86. The van der Waals surface area contributed by atoms with E-state index in [1.807, 2.05) is 0 Å². The van der Waals surface area contributed by atoms with Gasteiger partial charge in [-0.25, -0.2) is 8.42 Å². The first-order chi connectivity index (χ1) is 8.47. The van der Waals surface area contributed by atoms with Crippen molar-refractivity contribution in [2.45, 2.75) is 30.9 Å². The second kappa shape index (κ2) is 5.75. The normalized spacial score (nSPS) is 26.8. The maximum atomic E-state index is 11.7. The molecule has 1 amide bonds. The van der Waals surface area contributed by atoms with Crippen molar-refractivity contribution in [3.63, 3.8) is 0 Å². The summed E-state index contributed by atoms with van der Waals surface area (Å²) >= 11 is 0. The highest BCUT2D eigenvalue weighted by Gasteiger charge is 2.37. The average molecular weight is 295 g/mol. The van der Waals surface area contributed by atoms with Gasteiger partial charge in [0, 0.05) is 36.7 Å². The maximum absolute atomic E-state index is 11.7. The predicted molar refractivity (Wildman–Crippen MR) is 70.0 cm³/mol. The third-order valence-electron chi connectivity index (χ3n) is 3.71. The van der Waals surface area contributed by atoms with Crippen LogP contribution in [0.4, 0.5) is 0 Å². The number of carbonyl (C=O) groups is 1. The second-order valence-electron chi connectivity index (χ2n) is 5.04. The molecule has 0 N–H and O–H groups in total. The molecule has 0 aromatic rings.